The van der Waals surface area contributed by atoms with Gasteiger partial charge < -0.3 is 25.1 Å². The van der Waals surface area contributed by atoms with Crippen molar-refractivity contribution < 1.29 is 28.2 Å². The van der Waals surface area contributed by atoms with Crippen molar-refractivity contribution in [3.8, 4) is 5.75 Å². The van der Waals surface area contributed by atoms with Crippen LogP contribution in [0.25, 0.3) is 16.5 Å². The first-order valence-corrected chi connectivity index (χ1v) is 11.1. The van der Waals surface area contributed by atoms with Crippen LogP contribution in [0.3, 0.4) is 0 Å². The molecule has 182 valence electrons. The van der Waals surface area contributed by atoms with Crippen LogP contribution in [0.5, 0.6) is 5.75 Å². The van der Waals surface area contributed by atoms with Crippen LogP contribution < -0.4 is 10.5 Å². The molecule has 8 nitrogen and oxygen atoms in total. The molecule has 0 bridgehead atoms. The highest BCUT2D eigenvalue weighted by molar-refractivity contribution is 6.18. The van der Waals surface area contributed by atoms with E-state index >= 15 is 0 Å². The SMILES string of the molecule is CCOC(=O)C1=CN(C(=O)c2ccc(F)cc2)CC(C)(C)c2c1[nH]c1cc(OCC(N)=O)ccc21. The van der Waals surface area contributed by atoms with Crippen molar-refractivity contribution in [1.29, 1.82) is 0 Å². The average Bonchev–Trinajstić information content (AvgIpc) is 3.14. The van der Waals surface area contributed by atoms with E-state index in [1.165, 1.54) is 35.4 Å². The quantitative estimate of drug-likeness (QED) is 0.525. The van der Waals surface area contributed by atoms with Crippen LogP contribution >= 0.6 is 0 Å². The van der Waals surface area contributed by atoms with Crippen molar-refractivity contribution in [3.05, 3.63) is 71.3 Å². The lowest BCUT2D eigenvalue weighted by atomic mass is 9.81. The van der Waals surface area contributed by atoms with Crippen molar-refractivity contribution in [1.82, 2.24) is 9.88 Å². The molecule has 0 unspecified atom stereocenters. The highest BCUT2D eigenvalue weighted by atomic mass is 19.1. The van der Waals surface area contributed by atoms with Gasteiger partial charge in [0.1, 0.15) is 11.6 Å². The molecule has 1 aliphatic rings. The van der Waals surface area contributed by atoms with E-state index in [0.717, 1.165) is 10.9 Å². The Bertz CT molecular complexity index is 1340. The van der Waals surface area contributed by atoms with Crippen molar-refractivity contribution in [3.63, 3.8) is 0 Å². The van der Waals surface area contributed by atoms with Gasteiger partial charge in [-0.3, -0.25) is 9.59 Å². The Kier molecular flexibility index (Phi) is 6.34. The van der Waals surface area contributed by atoms with E-state index < -0.39 is 23.1 Å². The Labute approximate surface area is 201 Å². The predicted octanol–water partition coefficient (Wildman–Crippen LogP) is 3.51. The molecule has 0 aliphatic carbocycles. The van der Waals surface area contributed by atoms with Crippen molar-refractivity contribution in [2.75, 3.05) is 19.8 Å². The number of halogens is 1. The van der Waals surface area contributed by atoms with E-state index in [1.807, 2.05) is 19.9 Å². The van der Waals surface area contributed by atoms with Gasteiger partial charge in [0, 0.05) is 40.7 Å². The summed E-state index contributed by atoms with van der Waals surface area (Å²) in [5.41, 5.74) is 7.13. The molecule has 4 rings (SSSR count). The lowest BCUT2D eigenvalue weighted by Gasteiger charge is -2.29. The van der Waals surface area contributed by atoms with Gasteiger partial charge in [-0.05, 0) is 48.9 Å². The minimum absolute atomic E-state index is 0.159. The molecule has 2 amide bonds. The molecule has 0 atom stereocenters. The van der Waals surface area contributed by atoms with E-state index in [0.29, 0.717) is 22.5 Å². The molecule has 0 saturated heterocycles. The van der Waals surface area contributed by atoms with Gasteiger partial charge in [0.25, 0.3) is 11.8 Å². The number of benzene rings is 2. The lowest BCUT2D eigenvalue weighted by molar-refractivity contribution is -0.136. The predicted molar refractivity (Wildman–Crippen MR) is 128 cm³/mol. The second-order valence-electron chi connectivity index (χ2n) is 8.92. The molecular weight excluding hydrogens is 453 g/mol. The molecule has 0 fully saturated rings. The van der Waals surface area contributed by atoms with E-state index in [4.69, 9.17) is 15.2 Å². The maximum atomic E-state index is 13.4. The van der Waals surface area contributed by atoms with Crippen molar-refractivity contribution >= 4 is 34.3 Å². The zero-order valence-corrected chi connectivity index (χ0v) is 19.7. The first-order chi connectivity index (χ1) is 16.6. The molecule has 9 heteroatoms. The smallest absolute Gasteiger partial charge is 0.341 e. The summed E-state index contributed by atoms with van der Waals surface area (Å²) < 4.78 is 24.1. The summed E-state index contributed by atoms with van der Waals surface area (Å²) in [4.78, 5) is 42.2. The van der Waals surface area contributed by atoms with Gasteiger partial charge in [-0.1, -0.05) is 13.8 Å². The molecule has 3 aromatic rings. The highest BCUT2D eigenvalue weighted by Gasteiger charge is 2.37. The molecule has 2 heterocycles. The number of nitrogens with one attached hydrogen (secondary N) is 1. The number of ether oxygens (including phenoxy) is 2. The third-order valence-electron chi connectivity index (χ3n) is 5.80. The Hall–Kier alpha value is -4.14. The van der Waals surface area contributed by atoms with Gasteiger partial charge in [0.15, 0.2) is 6.61 Å². The largest absolute Gasteiger partial charge is 0.484 e. The number of nitrogens with zero attached hydrogens (tertiary/aromatic N) is 1. The van der Waals surface area contributed by atoms with Gasteiger partial charge >= 0.3 is 5.97 Å². The lowest BCUT2D eigenvalue weighted by Crippen LogP contribution is -2.36. The second-order valence-corrected chi connectivity index (χ2v) is 8.92. The molecule has 35 heavy (non-hydrogen) atoms. The van der Waals surface area contributed by atoms with E-state index in [9.17, 15) is 18.8 Å². The molecule has 2 aromatic carbocycles. The van der Waals surface area contributed by atoms with Crippen LogP contribution in [0.4, 0.5) is 4.39 Å². The monoisotopic (exact) mass is 479 g/mol. The average molecular weight is 480 g/mol. The number of aromatic nitrogens is 1. The number of carbonyl (C=O) groups is 3. The minimum atomic E-state index is -0.594. The zero-order valence-electron chi connectivity index (χ0n) is 19.7. The highest BCUT2D eigenvalue weighted by Crippen LogP contribution is 2.41. The van der Waals surface area contributed by atoms with Gasteiger partial charge in [-0.15, -0.1) is 0 Å². The van der Waals surface area contributed by atoms with E-state index in [2.05, 4.69) is 4.98 Å². The number of fused-ring (bicyclic) bond motifs is 3. The number of rotatable bonds is 6. The number of esters is 1. The number of hydrogen-bond acceptors (Lipinski definition) is 5. The number of H-pyrrole nitrogens is 1. The van der Waals surface area contributed by atoms with Crippen LogP contribution in [0.15, 0.2) is 48.7 Å². The minimum Gasteiger partial charge on any atom is -0.484 e. The van der Waals surface area contributed by atoms with Gasteiger partial charge in [0.2, 0.25) is 0 Å². The summed E-state index contributed by atoms with van der Waals surface area (Å²) in [7, 11) is 0. The summed E-state index contributed by atoms with van der Waals surface area (Å²) in [6.45, 7) is 5.81. The number of nitrogens with two attached hydrogens (primary N) is 1. The molecule has 3 N–H and O–H groups in total. The maximum Gasteiger partial charge on any atom is 0.341 e. The van der Waals surface area contributed by atoms with Crippen LogP contribution in [0, 0.1) is 5.82 Å². The molecule has 0 spiro atoms. The number of amides is 2. The fourth-order valence-corrected chi connectivity index (χ4v) is 4.35. The van der Waals surface area contributed by atoms with Crippen LogP contribution in [0.2, 0.25) is 0 Å². The summed E-state index contributed by atoms with van der Waals surface area (Å²) in [6, 6.07) is 10.6. The van der Waals surface area contributed by atoms with Crippen molar-refractivity contribution in [2.24, 2.45) is 5.73 Å². The van der Waals surface area contributed by atoms with E-state index in [1.54, 1.807) is 19.1 Å². The fraction of sp³-hybridized carbons (Fsp3) is 0.269. The number of hydrogen-bond donors (Lipinski definition) is 2. The zero-order chi connectivity index (χ0) is 25.3. The van der Waals surface area contributed by atoms with Crippen molar-refractivity contribution in [2.45, 2.75) is 26.2 Å². The maximum absolute atomic E-state index is 13.4. The summed E-state index contributed by atoms with van der Waals surface area (Å²) >= 11 is 0. The Morgan fingerprint density at radius 2 is 1.86 bits per heavy atom. The third-order valence-corrected chi connectivity index (χ3v) is 5.80. The molecule has 1 aromatic heterocycles. The number of aromatic amines is 1. The molecule has 1 aliphatic heterocycles. The third kappa shape index (κ3) is 4.75. The second kappa shape index (κ2) is 9.25. The van der Waals surface area contributed by atoms with Gasteiger partial charge in [-0.2, -0.15) is 0 Å². The van der Waals surface area contributed by atoms with E-state index in [-0.39, 0.29) is 31.2 Å². The number of primary amides is 1. The standard InChI is InChI=1S/C26H26FN3O5/c1-4-34-25(33)19-12-30(24(32)15-5-7-16(27)8-6-15)14-26(2,3)22-18-10-9-17(35-13-21(28)31)11-20(18)29-23(19)22/h5-12,29H,4,13-14H2,1-3H3,(H2,28,31). The van der Waals surface area contributed by atoms with Gasteiger partial charge in [-0.25, -0.2) is 9.18 Å². The first-order valence-electron chi connectivity index (χ1n) is 11.1. The summed E-state index contributed by atoms with van der Waals surface area (Å²) in [5.74, 6) is -1.54. The van der Waals surface area contributed by atoms with Crippen LogP contribution in [-0.4, -0.2) is 47.4 Å². The Morgan fingerprint density at radius 3 is 2.51 bits per heavy atom. The van der Waals surface area contributed by atoms with Gasteiger partial charge in [0.05, 0.1) is 17.9 Å². The normalized spacial score (nSPS) is 14.6. The topological polar surface area (TPSA) is 115 Å². The number of carbonyl (C=O) groups excluding carboxylic acids is 3. The summed E-state index contributed by atoms with van der Waals surface area (Å²) in [5, 5.41) is 0.836. The molecule has 0 radical (unpaired) electrons. The Morgan fingerprint density at radius 1 is 1.14 bits per heavy atom. The van der Waals surface area contributed by atoms with Crippen LogP contribution in [-0.2, 0) is 19.7 Å². The molecular formula is C26H26FN3O5. The fourth-order valence-electron chi connectivity index (χ4n) is 4.35. The molecule has 0 saturated carbocycles. The first kappa shape index (κ1) is 24.0. The Balaban J connectivity index is 1.84. The van der Waals surface area contributed by atoms with Crippen LogP contribution in [0.1, 0.15) is 42.4 Å². The summed E-state index contributed by atoms with van der Waals surface area (Å²) in [6.07, 6.45) is 1.48.